The van der Waals surface area contributed by atoms with Crippen molar-refractivity contribution in [1.82, 2.24) is 0 Å². The number of ether oxygens (including phenoxy) is 5. The fourth-order valence-corrected chi connectivity index (χ4v) is 6.23. The first-order valence-electron chi connectivity index (χ1n) is 11.6. The van der Waals surface area contributed by atoms with Crippen LogP contribution in [0.15, 0.2) is 11.6 Å². The molecule has 1 saturated carbocycles. The number of epoxide rings is 1. The van der Waals surface area contributed by atoms with E-state index < -0.39 is 70.5 Å². The van der Waals surface area contributed by atoms with Crippen LogP contribution in [0.4, 0.5) is 0 Å². The molecule has 8 atom stereocenters. The van der Waals surface area contributed by atoms with E-state index in [4.69, 9.17) is 23.7 Å². The van der Waals surface area contributed by atoms with Gasteiger partial charge in [0.1, 0.15) is 30.5 Å². The number of rotatable bonds is 6. The highest BCUT2D eigenvalue weighted by atomic mass is 16.7. The van der Waals surface area contributed by atoms with Crippen LogP contribution in [-0.2, 0) is 38.1 Å². The van der Waals surface area contributed by atoms with E-state index in [-0.39, 0.29) is 26.1 Å². The van der Waals surface area contributed by atoms with Gasteiger partial charge in [0, 0.05) is 31.1 Å². The molecule has 10 nitrogen and oxygen atoms in total. The molecule has 2 aliphatic carbocycles. The highest BCUT2D eigenvalue weighted by Crippen LogP contribution is 2.72. The molecule has 4 rings (SSSR count). The first-order chi connectivity index (χ1) is 15.7. The number of aliphatic hydroxyl groups excluding tert-OH is 1. The summed E-state index contributed by atoms with van der Waals surface area (Å²) in [6.45, 7) is 9.41. The maximum absolute atomic E-state index is 12.6. The molecule has 10 heteroatoms. The molecule has 1 spiro atoms. The van der Waals surface area contributed by atoms with E-state index in [0.29, 0.717) is 0 Å². The summed E-state index contributed by atoms with van der Waals surface area (Å²) in [6, 6.07) is 0. The molecule has 0 amide bonds. The maximum Gasteiger partial charge on any atom is 0.309 e. The van der Waals surface area contributed by atoms with Gasteiger partial charge in [-0.05, 0) is 26.3 Å². The Morgan fingerprint density at radius 1 is 1.21 bits per heavy atom. The van der Waals surface area contributed by atoms with E-state index in [1.165, 1.54) is 27.7 Å². The van der Waals surface area contributed by atoms with Crippen molar-refractivity contribution in [1.29, 1.82) is 0 Å². The third-order valence-electron chi connectivity index (χ3n) is 8.02. The second-order valence-corrected chi connectivity index (χ2v) is 10.9. The zero-order chi connectivity index (χ0) is 25.3. The lowest BCUT2D eigenvalue weighted by Crippen LogP contribution is -2.67. The van der Waals surface area contributed by atoms with Crippen molar-refractivity contribution in [3.63, 3.8) is 0 Å². The van der Waals surface area contributed by atoms with Crippen LogP contribution in [0.1, 0.15) is 54.4 Å². The molecule has 1 unspecified atom stereocenters. The van der Waals surface area contributed by atoms with Gasteiger partial charge >= 0.3 is 17.9 Å². The molecule has 2 aliphatic heterocycles. The minimum atomic E-state index is -1.24. The van der Waals surface area contributed by atoms with Gasteiger partial charge in [0.2, 0.25) is 0 Å². The van der Waals surface area contributed by atoms with Crippen LogP contribution in [0.2, 0.25) is 0 Å². The van der Waals surface area contributed by atoms with Crippen molar-refractivity contribution >= 4 is 17.9 Å². The van der Waals surface area contributed by atoms with Gasteiger partial charge in [0.15, 0.2) is 6.10 Å². The number of carbonyl (C=O) groups is 3. The molecule has 3 fully saturated rings. The molecule has 2 N–H and O–H groups in total. The standard InChI is InChI=1S/C24H34O10/c1-12-7-16-23(10-30-13(2)25,8-15(12)33-17(27)9-21(4,5)29)22(6)19(28)18(32-14(3)26)20(34-16)24(22)11-31-24/h7,15-16,18-20,28-29H,8-11H2,1-6H3/t15-,16+,18-,19+,20+,22+,23+,24?/m1/s1. The summed E-state index contributed by atoms with van der Waals surface area (Å²) in [7, 11) is 0. The lowest BCUT2D eigenvalue weighted by molar-refractivity contribution is -0.239. The minimum Gasteiger partial charge on any atom is -0.465 e. The summed E-state index contributed by atoms with van der Waals surface area (Å²) in [5, 5.41) is 21.6. The molecule has 0 aromatic rings. The van der Waals surface area contributed by atoms with Gasteiger partial charge in [-0.3, -0.25) is 14.4 Å². The summed E-state index contributed by atoms with van der Waals surface area (Å²) in [6.07, 6.45) is -2.35. The van der Waals surface area contributed by atoms with Gasteiger partial charge in [-0.2, -0.15) is 0 Å². The molecular weight excluding hydrogens is 448 g/mol. The third kappa shape index (κ3) is 3.66. The SMILES string of the molecule is CC(=O)OC[C@@]12C[C@@H](OC(=O)CC(C)(C)O)C(C)=C[C@@H]1O[C@H]1[C@H](OC(C)=O)[C@H](O)[C@]2(C)C12CO2. The molecule has 0 aromatic heterocycles. The van der Waals surface area contributed by atoms with Crippen molar-refractivity contribution in [3.8, 4) is 0 Å². The van der Waals surface area contributed by atoms with Crippen LogP contribution < -0.4 is 0 Å². The van der Waals surface area contributed by atoms with Crippen molar-refractivity contribution in [2.45, 2.75) is 96.1 Å². The van der Waals surface area contributed by atoms with E-state index in [2.05, 4.69) is 0 Å². The van der Waals surface area contributed by atoms with Crippen LogP contribution >= 0.6 is 0 Å². The van der Waals surface area contributed by atoms with E-state index in [0.717, 1.165) is 5.57 Å². The fraction of sp³-hybridized carbons (Fsp3) is 0.792. The van der Waals surface area contributed by atoms with E-state index in [1.54, 1.807) is 0 Å². The summed E-state index contributed by atoms with van der Waals surface area (Å²) in [5.41, 5.74) is -3.54. The van der Waals surface area contributed by atoms with Crippen LogP contribution in [0.3, 0.4) is 0 Å². The van der Waals surface area contributed by atoms with Crippen LogP contribution in [0.5, 0.6) is 0 Å². The van der Waals surface area contributed by atoms with Gasteiger partial charge in [0.25, 0.3) is 0 Å². The molecule has 0 radical (unpaired) electrons. The topological polar surface area (TPSA) is 141 Å². The number of carbonyl (C=O) groups excluding carboxylic acids is 3. The summed E-state index contributed by atoms with van der Waals surface area (Å²) >= 11 is 0. The van der Waals surface area contributed by atoms with Crippen molar-refractivity contribution < 1.29 is 48.3 Å². The first-order valence-corrected chi connectivity index (χ1v) is 11.6. The summed E-state index contributed by atoms with van der Waals surface area (Å²) < 4.78 is 29.1. The first kappa shape index (κ1) is 25.1. The van der Waals surface area contributed by atoms with Crippen molar-refractivity contribution in [2.75, 3.05) is 13.2 Å². The average Bonchev–Trinajstić information content (AvgIpc) is 3.47. The van der Waals surface area contributed by atoms with Gasteiger partial charge in [-0.1, -0.05) is 13.0 Å². The average molecular weight is 483 g/mol. The van der Waals surface area contributed by atoms with E-state index >= 15 is 0 Å². The predicted molar refractivity (Wildman–Crippen MR) is 115 cm³/mol. The Bertz CT molecular complexity index is 915. The van der Waals surface area contributed by atoms with Gasteiger partial charge in [-0.15, -0.1) is 0 Å². The smallest absolute Gasteiger partial charge is 0.309 e. The second-order valence-electron chi connectivity index (χ2n) is 10.9. The van der Waals surface area contributed by atoms with Crippen LogP contribution in [0.25, 0.3) is 0 Å². The van der Waals surface area contributed by atoms with Crippen LogP contribution in [-0.4, -0.2) is 83.1 Å². The largest absolute Gasteiger partial charge is 0.465 e. The maximum atomic E-state index is 12.6. The molecule has 34 heavy (non-hydrogen) atoms. The molecule has 190 valence electrons. The van der Waals surface area contributed by atoms with E-state index in [9.17, 15) is 24.6 Å². The Labute approximate surface area is 198 Å². The minimum absolute atomic E-state index is 0.117. The molecule has 2 saturated heterocycles. The lowest BCUT2D eigenvalue weighted by Gasteiger charge is -2.58. The Balaban J connectivity index is 1.76. The zero-order valence-electron chi connectivity index (χ0n) is 20.5. The monoisotopic (exact) mass is 482 g/mol. The highest BCUT2D eigenvalue weighted by molar-refractivity contribution is 5.71. The van der Waals surface area contributed by atoms with E-state index in [1.807, 2.05) is 19.9 Å². The number of aliphatic hydroxyl groups is 2. The van der Waals surface area contributed by atoms with Gasteiger partial charge < -0.3 is 33.9 Å². The Kier molecular flexibility index (Phi) is 5.91. The number of hydrogen-bond acceptors (Lipinski definition) is 10. The molecule has 2 heterocycles. The zero-order valence-corrected chi connectivity index (χ0v) is 20.5. The van der Waals surface area contributed by atoms with Crippen molar-refractivity contribution in [3.05, 3.63) is 11.6 Å². The summed E-state index contributed by atoms with van der Waals surface area (Å²) in [5.74, 6) is -1.63. The predicted octanol–water partition coefficient (Wildman–Crippen LogP) is 0.808. The molecule has 0 aromatic carbocycles. The molecular formula is C24H34O10. The van der Waals surface area contributed by atoms with Gasteiger partial charge in [-0.25, -0.2) is 0 Å². The summed E-state index contributed by atoms with van der Waals surface area (Å²) in [4.78, 5) is 36.3. The second kappa shape index (κ2) is 8.01. The Morgan fingerprint density at radius 2 is 1.85 bits per heavy atom. The van der Waals surface area contributed by atoms with Crippen molar-refractivity contribution in [2.24, 2.45) is 10.8 Å². The fourth-order valence-electron chi connectivity index (χ4n) is 6.23. The Morgan fingerprint density at radius 3 is 2.38 bits per heavy atom. The molecule has 2 bridgehead atoms. The number of hydrogen-bond donors (Lipinski definition) is 2. The van der Waals surface area contributed by atoms with Crippen LogP contribution in [0, 0.1) is 10.8 Å². The normalized spacial score (nSPS) is 42.5. The Hall–Kier alpha value is -2.01. The van der Waals surface area contributed by atoms with Gasteiger partial charge in [0.05, 0.1) is 24.7 Å². The number of esters is 3. The number of fused-ring (bicyclic) bond motifs is 2. The highest BCUT2D eigenvalue weighted by Gasteiger charge is 2.86. The quantitative estimate of drug-likeness (QED) is 0.242. The lowest BCUT2D eigenvalue weighted by atomic mass is 9.51. The molecule has 4 aliphatic rings. The third-order valence-corrected chi connectivity index (χ3v) is 8.02.